The number of benzene rings is 12. The fraction of sp³-hybridized carbons (Fsp3) is 0.233. The summed E-state index contributed by atoms with van der Waals surface area (Å²) in [5.74, 6) is 2.34. The summed E-state index contributed by atoms with van der Waals surface area (Å²) < 4.78 is 11.1. The van der Waals surface area contributed by atoms with E-state index in [0.717, 1.165) is 143 Å². The highest BCUT2D eigenvalue weighted by Gasteiger charge is 2.30. The number of hydrogen-bond donors (Lipinski definition) is 2. The van der Waals surface area contributed by atoms with E-state index in [1.165, 1.54) is 94.4 Å². The number of Topliss-reactive ketones (excluding diaryl/α,β-unsaturated/α-hetero) is 1. The van der Waals surface area contributed by atoms with Crippen molar-refractivity contribution in [2.45, 2.75) is 146 Å². The molecule has 120 heavy (non-hydrogen) atoms. The summed E-state index contributed by atoms with van der Waals surface area (Å²) in [5, 5.41) is 8.14. The summed E-state index contributed by atoms with van der Waals surface area (Å²) in [6, 6.07) is 91.6. The number of hydrogen-bond acceptors (Lipinski definition) is 9. The van der Waals surface area contributed by atoms with E-state index < -0.39 is 0 Å². The average molecular weight is 1630 g/mol. The number of para-hydroxylation sites is 6. The van der Waals surface area contributed by atoms with Gasteiger partial charge in [-0.25, -0.2) is 24.9 Å². The van der Waals surface area contributed by atoms with E-state index in [1.807, 2.05) is 134 Å². The van der Waals surface area contributed by atoms with Gasteiger partial charge in [-0.1, -0.05) is 240 Å². The molecule has 1 aliphatic heterocycles. The zero-order valence-corrected chi connectivity index (χ0v) is 71.6. The topological polar surface area (TPSA) is 151 Å². The molecule has 18 rings (SSSR count). The van der Waals surface area contributed by atoms with Crippen molar-refractivity contribution in [3.63, 3.8) is 0 Å². The van der Waals surface area contributed by atoms with Gasteiger partial charge >= 0.3 is 0 Å². The lowest BCUT2D eigenvalue weighted by molar-refractivity contribution is -0.121. The lowest BCUT2D eigenvalue weighted by atomic mass is 10.1. The molecule has 17 aromatic rings. The predicted molar refractivity (Wildman–Crippen MR) is 494 cm³/mol. The molecule has 15 nitrogen and oxygen atoms in total. The minimum absolute atomic E-state index is 0.0267. The Morgan fingerprint density at radius 2 is 0.858 bits per heavy atom. The van der Waals surface area contributed by atoms with Gasteiger partial charge in [-0.3, -0.25) is 14.5 Å². The Bertz CT molecular complexity index is 6280. The van der Waals surface area contributed by atoms with Gasteiger partial charge < -0.3 is 33.5 Å². The molecule has 12 aromatic carbocycles. The molecule has 2 N–H and O–H groups in total. The maximum absolute atomic E-state index is 12.2. The number of amides is 1. The molecule has 1 unspecified atom stereocenters. The van der Waals surface area contributed by atoms with Crippen LogP contribution in [0, 0.1) is 55.4 Å². The van der Waals surface area contributed by atoms with E-state index in [0.29, 0.717) is 19.5 Å². The number of aromatic nitrogens is 10. The summed E-state index contributed by atoms with van der Waals surface area (Å²) in [6.45, 7) is 25.9. The molecule has 1 saturated heterocycles. The molecule has 0 aliphatic carbocycles. The SMILES string of the molecule is CC(=O)C1CCCN1Cc1nc2ccccc2n1Cc1ccc(Cl)cc1.Cc1ccc(CNc2c(C)c(C)cc3c2ncn3Cc2ccc(C)cc2)cc1.Cc1ccc(Cn2cnc3c(C)c(C)ccc32)cc1.Cc1ccc(Cn2cnc3ccccc32)cc1.O=C(Cc1ccccc1)NCCCc1nc2ccccc2n1Cc1ccc(Cl)cc1. The van der Waals surface area contributed by atoms with Gasteiger partial charge in [-0.05, 0) is 222 Å². The molecule has 0 radical (unpaired) electrons. The Morgan fingerprint density at radius 3 is 1.41 bits per heavy atom. The minimum atomic E-state index is 0.0267. The van der Waals surface area contributed by atoms with Gasteiger partial charge in [0.15, 0.2) is 0 Å². The van der Waals surface area contributed by atoms with Crippen LogP contribution in [0.15, 0.2) is 286 Å². The highest BCUT2D eigenvalue weighted by molar-refractivity contribution is 6.30. The van der Waals surface area contributed by atoms with Crippen molar-refractivity contribution >= 4 is 95.7 Å². The first kappa shape index (κ1) is 83.9. The second-order valence-corrected chi connectivity index (χ2v) is 32.5. The minimum Gasteiger partial charge on any atom is -0.379 e. The van der Waals surface area contributed by atoms with Gasteiger partial charge in [0.1, 0.15) is 22.9 Å². The molecule has 608 valence electrons. The Morgan fingerprint density at radius 1 is 0.408 bits per heavy atom. The van der Waals surface area contributed by atoms with Gasteiger partial charge in [0.2, 0.25) is 5.91 Å². The molecule has 0 saturated carbocycles. The fourth-order valence-electron chi connectivity index (χ4n) is 15.4. The molecule has 17 heteroatoms. The number of fused-ring (bicyclic) bond motifs is 5. The molecule has 1 amide bonds. The van der Waals surface area contributed by atoms with Crippen molar-refractivity contribution in [3.05, 3.63) is 391 Å². The zero-order chi connectivity index (χ0) is 83.6. The number of nitrogens with one attached hydrogen (secondary N) is 2. The summed E-state index contributed by atoms with van der Waals surface area (Å²) >= 11 is 12.0. The van der Waals surface area contributed by atoms with Crippen LogP contribution < -0.4 is 10.6 Å². The van der Waals surface area contributed by atoms with Crippen LogP contribution in [0.5, 0.6) is 0 Å². The number of aryl methyl sites for hydroxylation is 8. The van der Waals surface area contributed by atoms with Gasteiger partial charge in [-0.2, -0.15) is 0 Å². The van der Waals surface area contributed by atoms with Crippen LogP contribution in [0.4, 0.5) is 5.69 Å². The number of halogens is 2. The van der Waals surface area contributed by atoms with Crippen LogP contribution in [0.25, 0.3) is 55.2 Å². The van der Waals surface area contributed by atoms with Crippen LogP contribution in [0.3, 0.4) is 0 Å². The predicted octanol–water partition coefficient (Wildman–Crippen LogP) is 22.7. The number of carbonyl (C=O) groups is 2. The summed E-state index contributed by atoms with van der Waals surface area (Å²) in [7, 11) is 0. The molecule has 5 aromatic heterocycles. The Kier molecular flexibility index (Phi) is 27.9. The summed E-state index contributed by atoms with van der Waals surface area (Å²) in [5.41, 5.74) is 31.0. The maximum atomic E-state index is 12.2. The van der Waals surface area contributed by atoms with Gasteiger partial charge in [0, 0.05) is 62.3 Å². The molecule has 0 spiro atoms. The molecular formula is C103H105Cl2N13O2. The van der Waals surface area contributed by atoms with Crippen molar-refractivity contribution in [2.24, 2.45) is 0 Å². The zero-order valence-electron chi connectivity index (χ0n) is 70.1. The lowest BCUT2D eigenvalue weighted by Gasteiger charge is -2.22. The molecule has 1 aliphatic rings. The smallest absolute Gasteiger partial charge is 0.224 e. The van der Waals surface area contributed by atoms with E-state index in [4.69, 9.17) is 38.2 Å². The number of rotatable bonds is 22. The Hall–Kier alpha value is -12.5. The molecule has 1 fully saturated rings. The monoisotopic (exact) mass is 1630 g/mol. The van der Waals surface area contributed by atoms with Crippen molar-refractivity contribution in [1.29, 1.82) is 0 Å². The number of nitrogens with zero attached hydrogens (tertiary/aromatic N) is 11. The van der Waals surface area contributed by atoms with E-state index in [2.05, 4.69) is 255 Å². The normalized spacial score (nSPS) is 12.5. The first-order valence-corrected chi connectivity index (χ1v) is 42.2. The Balaban J connectivity index is 0.000000125. The van der Waals surface area contributed by atoms with Crippen molar-refractivity contribution in [3.8, 4) is 0 Å². The number of ketones is 1. The van der Waals surface area contributed by atoms with E-state index in [-0.39, 0.29) is 17.7 Å². The second kappa shape index (κ2) is 39.8. The molecule has 6 heterocycles. The summed E-state index contributed by atoms with van der Waals surface area (Å²) in [6.07, 6.45) is 9.88. The standard InChI is InChI=1S/C25H24ClN3O.C25H27N3.C21H22ClN3O.C17H18N2.C15H14N2/c26-21-14-12-20(13-15-21)18-29-23-10-5-4-9-22(23)28-24(29)11-6-16-27-25(30)17-19-7-2-1-3-8-19;1-17-5-9-21(10-6-17)14-26-24-20(4)19(3)13-23-25(24)27-16-28(23)15-22-11-7-18(2)8-12-22;1-15(26)19-7-4-12-24(19)14-21-23-18-5-2-3-6-20(18)25(21)13-16-8-10-17(22)11-9-16;1-12-4-7-15(8-5-12)10-19-11-18-17-14(3)13(2)6-9-16(17)19;1-12-6-8-13(9-7-12)10-17-11-16-14-4-2-3-5-15(14)17/h1-5,7-10,12-15H,6,11,16-18H2,(H,27,30);5-13,16,26H,14-15H2,1-4H3;2-3,5-6,8-11,19H,4,7,12-14H2,1H3;4-9,11H,10H2,1-3H3;2-9,11H,10H2,1H3. The van der Waals surface area contributed by atoms with Crippen LogP contribution >= 0.6 is 23.2 Å². The summed E-state index contributed by atoms with van der Waals surface area (Å²) in [4.78, 5) is 49.8. The third kappa shape index (κ3) is 21.7. The van der Waals surface area contributed by atoms with Gasteiger partial charge in [-0.15, -0.1) is 0 Å². The van der Waals surface area contributed by atoms with Crippen molar-refractivity contribution in [1.82, 2.24) is 58.0 Å². The van der Waals surface area contributed by atoms with E-state index >= 15 is 0 Å². The molecule has 0 bridgehead atoms. The van der Waals surface area contributed by atoms with Crippen LogP contribution in [-0.2, 0) is 68.2 Å². The highest BCUT2D eigenvalue weighted by Crippen LogP contribution is 2.32. The average Bonchev–Trinajstić information content (AvgIpc) is 1.36. The third-order valence-corrected chi connectivity index (χ3v) is 23.1. The number of likely N-dealkylation sites (tertiary alicyclic amines) is 1. The van der Waals surface area contributed by atoms with E-state index in [1.54, 1.807) is 6.92 Å². The number of imidazole rings is 5. The third-order valence-electron chi connectivity index (χ3n) is 22.5. The van der Waals surface area contributed by atoms with Crippen LogP contribution in [-0.4, -0.2) is 83.5 Å². The molecule has 1 atom stereocenters. The number of anilines is 1. The fourth-order valence-corrected chi connectivity index (χ4v) is 15.7. The van der Waals surface area contributed by atoms with Crippen LogP contribution in [0.2, 0.25) is 10.0 Å². The maximum Gasteiger partial charge on any atom is 0.224 e. The quantitative estimate of drug-likeness (QED) is 0.0632. The lowest BCUT2D eigenvalue weighted by Crippen LogP contribution is -2.35. The largest absolute Gasteiger partial charge is 0.379 e. The molecular weight excluding hydrogens is 1520 g/mol. The van der Waals surface area contributed by atoms with E-state index in [9.17, 15) is 9.59 Å². The Labute approximate surface area is 714 Å². The van der Waals surface area contributed by atoms with Crippen molar-refractivity contribution in [2.75, 3.05) is 18.4 Å². The van der Waals surface area contributed by atoms with Gasteiger partial charge in [0.25, 0.3) is 0 Å². The highest BCUT2D eigenvalue weighted by atomic mass is 35.5. The van der Waals surface area contributed by atoms with Gasteiger partial charge in [0.05, 0.1) is 93.3 Å². The second-order valence-electron chi connectivity index (χ2n) is 31.7. The van der Waals surface area contributed by atoms with Crippen molar-refractivity contribution < 1.29 is 9.59 Å². The first-order valence-electron chi connectivity index (χ1n) is 41.4. The van der Waals surface area contributed by atoms with Crippen LogP contribution in [0.1, 0.15) is 121 Å². The first-order chi connectivity index (χ1) is 58.3. The number of carbonyl (C=O) groups excluding carboxylic acids is 2.